The average molecular weight is 614 g/mol. The first kappa shape index (κ1) is 29.4. The summed E-state index contributed by atoms with van der Waals surface area (Å²) in [6.07, 6.45) is -8.88. The van der Waals surface area contributed by atoms with Crippen molar-refractivity contribution in [3.8, 4) is 5.75 Å². The number of rotatable bonds is 4. The molecule has 0 heterocycles. The zero-order valence-electron chi connectivity index (χ0n) is 18.3. The van der Waals surface area contributed by atoms with Crippen LogP contribution in [-0.2, 0) is 38.6 Å². The van der Waals surface area contributed by atoms with Crippen molar-refractivity contribution in [1.29, 1.82) is 0 Å². The van der Waals surface area contributed by atoms with E-state index in [1.54, 1.807) is 12.1 Å². The SMILES string of the molecule is CC(C)(c1ccccc1)c1cccc(C=Nc2cc(C(F)(F)F)cc(C(F)(F)F)c2)c1O.[Cl][Zr][Cl]. The molecule has 0 aromatic heterocycles. The summed E-state index contributed by atoms with van der Waals surface area (Å²) in [6.45, 7) is 3.78. The van der Waals surface area contributed by atoms with Gasteiger partial charge in [-0.1, -0.05) is 56.3 Å². The number of para-hydroxylation sites is 1. The Morgan fingerprint density at radius 2 is 1.29 bits per heavy atom. The topological polar surface area (TPSA) is 32.6 Å². The molecule has 0 unspecified atom stereocenters. The van der Waals surface area contributed by atoms with Crippen molar-refractivity contribution < 1.29 is 52.3 Å². The van der Waals surface area contributed by atoms with Crippen LogP contribution < -0.4 is 0 Å². The van der Waals surface area contributed by atoms with Crippen LogP contribution in [0.1, 0.15) is 41.7 Å². The molecule has 3 rings (SSSR count). The van der Waals surface area contributed by atoms with Crippen molar-refractivity contribution in [3.05, 3.63) is 94.5 Å². The number of aromatic hydroxyl groups is 1. The number of nitrogens with zero attached hydrogens (tertiary/aromatic N) is 1. The molecular formula is C24H19Cl2F6NOZr. The van der Waals surface area contributed by atoms with Crippen LogP contribution in [0.3, 0.4) is 0 Å². The predicted molar refractivity (Wildman–Crippen MR) is 122 cm³/mol. The van der Waals surface area contributed by atoms with Gasteiger partial charge in [0.05, 0.1) is 16.8 Å². The van der Waals surface area contributed by atoms with Crippen LogP contribution in [0.2, 0.25) is 0 Å². The van der Waals surface area contributed by atoms with Crippen LogP contribution in [0.5, 0.6) is 5.75 Å². The van der Waals surface area contributed by atoms with Gasteiger partial charge in [0.15, 0.2) is 0 Å². The van der Waals surface area contributed by atoms with E-state index in [0.29, 0.717) is 17.7 Å². The third-order valence-corrected chi connectivity index (χ3v) is 5.16. The molecule has 3 aromatic carbocycles. The molecule has 186 valence electrons. The number of halogens is 8. The molecule has 1 N–H and O–H groups in total. The van der Waals surface area contributed by atoms with Crippen LogP contribution >= 0.6 is 17.0 Å². The van der Waals surface area contributed by atoms with Crippen LogP contribution in [0.15, 0.2) is 71.7 Å². The first-order valence-corrected chi connectivity index (χ1v) is 16.2. The van der Waals surface area contributed by atoms with E-state index in [4.69, 9.17) is 17.0 Å². The van der Waals surface area contributed by atoms with Gasteiger partial charge in [-0.25, -0.2) is 0 Å². The molecule has 0 bridgehead atoms. The third-order valence-electron chi connectivity index (χ3n) is 5.16. The second-order valence-electron chi connectivity index (χ2n) is 7.83. The molecule has 0 aliphatic carbocycles. The van der Waals surface area contributed by atoms with Crippen molar-refractivity contribution in [2.75, 3.05) is 0 Å². The minimum absolute atomic E-state index is 0.0412. The summed E-state index contributed by atoms with van der Waals surface area (Å²) in [4.78, 5) is 3.80. The molecule has 0 spiro atoms. The number of benzene rings is 3. The molecule has 0 fully saturated rings. The van der Waals surface area contributed by atoms with E-state index in [2.05, 4.69) is 4.99 Å². The zero-order valence-corrected chi connectivity index (χ0v) is 22.3. The molecule has 3 aromatic rings. The molecule has 0 saturated heterocycles. The van der Waals surface area contributed by atoms with E-state index in [1.165, 1.54) is 6.07 Å². The average Bonchev–Trinajstić information content (AvgIpc) is 2.78. The Morgan fingerprint density at radius 1 is 0.771 bits per heavy atom. The Morgan fingerprint density at radius 3 is 1.77 bits per heavy atom. The first-order chi connectivity index (χ1) is 16.2. The van der Waals surface area contributed by atoms with E-state index >= 15 is 0 Å². The van der Waals surface area contributed by atoms with Crippen LogP contribution in [-0.4, -0.2) is 11.3 Å². The Labute approximate surface area is 217 Å². The van der Waals surface area contributed by atoms with Crippen molar-refractivity contribution in [3.63, 3.8) is 0 Å². The molecular weight excluding hydrogens is 594 g/mol. The van der Waals surface area contributed by atoms with Crippen LogP contribution in [0.25, 0.3) is 0 Å². The molecule has 0 atom stereocenters. The van der Waals surface area contributed by atoms with Gasteiger partial charge in [0.2, 0.25) is 0 Å². The van der Waals surface area contributed by atoms with Gasteiger partial charge in [-0.2, -0.15) is 26.3 Å². The summed E-state index contributed by atoms with van der Waals surface area (Å²) in [6, 6.07) is 15.2. The van der Waals surface area contributed by atoms with E-state index in [9.17, 15) is 31.4 Å². The van der Waals surface area contributed by atoms with E-state index < -0.39 is 55.4 Å². The van der Waals surface area contributed by atoms with Gasteiger partial charge in [-0.05, 0) is 29.8 Å². The van der Waals surface area contributed by atoms with Crippen molar-refractivity contribution in [2.24, 2.45) is 4.99 Å². The Kier molecular flexibility index (Phi) is 10.0. The standard InChI is InChI=1S/C24H19F6NO.2ClH.Zr/c1-22(2,16-8-4-3-5-9-16)20-10-6-7-15(21(20)32)14-31-19-12-17(23(25,26)27)11-18(13-19)24(28,29)30;;;/h3-14,32H,1-2H3;2*1H;/q;;;+2/p-2. The fraction of sp³-hybridized carbons (Fsp3) is 0.208. The van der Waals surface area contributed by atoms with Gasteiger partial charge in [0, 0.05) is 22.8 Å². The number of hydrogen-bond donors (Lipinski definition) is 1. The van der Waals surface area contributed by atoms with Crippen molar-refractivity contribution in [2.45, 2.75) is 31.6 Å². The quantitative estimate of drug-likeness (QED) is 0.231. The van der Waals surface area contributed by atoms with Crippen LogP contribution in [0.4, 0.5) is 32.0 Å². The molecule has 2 nitrogen and oxygen atoms in total. The van der Waals surface area contributed by atoms with Gasteiger partial charge in [0.1, 0.15) is 5.75 Å². The van der Waals surface area contributed by atoms with Gasteiger partial charge < -0.3 is 5.11 Å². The normalized spacial score (nSPS) is 12.3. The van der Waals surface area contributed by atoms with Crippen molar-refractivity contribution >= 4 is 28.9 Å². The molecule has 0 amide bonds. The van der Waals surface area contributed by atoms with Gasteiger partial charge >= 0.3 is 50.2 Å². The molecule has 0 aliphatic heterocycles. The predicted octanol–water partition coefficient (Wildman–Crippen LogP) is 8.88. The summed E-state index contributed by atoms with van der Waals surface area (Å²) in [5, 5.41) is 10.8. The zero-order chi connectivity index (χ0) is 26.4. The number of phenols is 1. The molecule has 35 heavy (non-hydrogen) atoms. The van der Waals surface area contributed by atoms with Gasteiger partial charge in [-0.15, -0.1) is 0 Å². The maximum atomic E-state index is 13.0. The Balaban J connectivity index is 0.00000137. The van der Waals surface area contributed by atoms with E-state index in [1.807, 2.05) is 44.2 Å². The van der Waals surface area contributed by atoms with Gasteiger partial charge in [-0.3, -0.25) is 4.99 Å². The summed E-state index contributed by atoms with van der Waals surface area (Å²) >= 11 is -0.826. The third kappa shape index (κ3) is 7.83. The Hall–Kier alpha value is -1.83. The number of hydrogen-bond acceptors (Lipinski definition) is 2. The fourth-order valence-electron chi connectivity index (χ4n) is 3.34. The second kappa shape index (κ2) is 11.9. The number of aliphatic imine (C=N–C) groups is 1. The number of phenolic OH excluding ortho intramolecular Hbond substituents is 1. The van der Waals surface area contributed by atoms with Crippen molar-refractivity contribution in [1.82, 2.24) is 0 Å². The Bertz CT molecular complexity index is 1130. The van der Waals surface area contributed by atoms with Crippen LogP contribution in [0, 0.1) is 0 Å². The summed E-state index contributed by atoms with van der Waals surface area (Å²) in [7, 11) is 9.87. The first-order valence-electron chi connectivity index (χ1n) is 9.89. The fourth-order valence-corrected chi connectivity index (χ4v) is 3.34. The van der Waals surface area contributed by atoms with E-state index in [0.717, 1.165) is 11.8 Å². The molecule has 11 heteroatoms. The minimum atomic E-state index is -4.96. The number of alkyl halides is 6. The maximum absolute atomic E-state index is 13.0. The molecule has 0 aliphatic rings. The van der Waals surface area contributed by atoms with Gasteiger partial charge in [0.25, 0.3) is 0 Å². The second-order valence-corrected chi connectivity index (χ2v) is 11.6. The summed E-state index contributed by atoms with van der Waals surface area (Å²) < 4.78 is 78.3. The van der Waals surface area contributed by atoms with E-state index in [-0.39, 0.29) is 17.4 Å². The monoisotopic (exact) mass is 611 g/mol. The molecule has 0 radical (unpaired) electrons. The summed E-state index contributed by atoms with van der Waals surface area (Å²) in [5.41, 5.74) is -2.44. The summed E-state index contributed by atoms with van der Waals surface area (Å²) in [5.74, 6) is -0.159. The molecule has 0 saturated carbocycles.